The number of nitrogens with two attached hydrogens (primary N) is 1. The molecule has 0 amide bonds. The molecular formula is C23H40F3N5O6SSi2. The number of hydrogen-bond donors (Lipinski definition) is 1. The zero-order valence-corrected chi connectivity index (χ0v) is 27.3. The summed E-state index contributed by atoms with van der Waals surface area (Å²) >= 11 is 0. The third-order valence-electron chi connectivity index (χ3n) is 8.12. The first-order valence-corrected chi connectivity index (χ1v) is 20.0. The number of nitrogen functional groups attached to an aromatic ring is 1. The first-order chi connectivity index (χ1) is 17.9. The van der Waals surface area contributed by atoms with Crippen LogP contribution in [0.4, 0.5) is 19.0 Å². The van der Waals surface area contributed by atoms with E-state index in [0.29, 0.717) is 0 Å². The second-order valence-electron chi connectivity index (χ2n) is 13.0. The van der Waals surface area contributed by atoms with Crippen LogP contribution >= 0.6 is 0 Å². The highest BCUT2D eigenvalue weighted by atomic mass is 32.2. The minimum Gasteiger partial charge on any atom is -0.414 e. The van der Waals surface area contributed by atoms with Gasteiger partial charge in [0, 0.05) is 0 Å². The van der Waals surface area contributed by atoms with Crippen LogP contribution in [0.2, 0.25) is 36.3 Å². The van der Waals surface area contributed by atoms with Gasteiger partial charge >= 0.3 is 15.6 Å². The number of imidazole rings is 1. The van der Waals surface area contributed by atoms with Crippen LogP contribution in [0.1, 0.15) is 47.8 Å². The van der Waals surface area contributed by atoms with E-state index >= 15 is 0 Å². The molecule has 1 fully saturated rings. The minimum absolute atomic E-state index is 0.0361. The van der Waals surface area contributed by atoms with E-state index < -0.39 is 56.8 Å². The standard InChI is InChI=1S/C23H40F3N5O6SSi2/c1-21(2,3)39(7,8)34-11-14-16(37-40(9,10)22(4,5)6)17(36-38(32,33)23(24,25)26)20(35-14)31-13-30-15-18(27)28-12-29-19(15)31/h12-14,16-17,20H,11H2,1-10H3,(H2,27,28,29)/t14-,16+,17-,20-/m1/s1. The molecule has 2 N–H and O–H groups in total. The number of nitrogens with zero attached hydrogens (tertiary/aromatic N) is 4. The molecule has 3 rings (SSSR count). The zero-order chi connectivity index (χ0) is 30.7. The van der Waals surface area contributed by atoms with Gasteiger partial charge in [0.05, 0.1) is 12.9 Å². The van der Waals surface area contributed by atoms with E-state index in [2.05, 4.69) is 15.0 Å². The van der Waals surface area contributed by atoms with Gasteiger partial charge in [-0.25, -0.2) is 15.0 Å². The number of hydrogen-bond acceptors (Lipinski definition) is 10. The highest BCUT2D eigenvalue weighted by Gasteiger charge is 2.57. The predicted octanol–water partition coefficient (Wildman–Crippen LogP) is 4.95. The number of alkyl halides is 3. The average molecular weight is 628 g/mol. The van der Waals surface area contributed by atoms with E-state index in [1.54, 1.807) is 0 Å². The van der Waals surface area contributed by atoms with Crippen LogP contribution in [0.5, 0.6) is 0 Å². The third-order valence-corrected chi connectivity index (χ3v) is 18.1. The summed E-state index contributed by atoms with van der Waals surface area (Å²) in [6, 6.07) is 0. The molecule has 40 heavy (non-hydrogen) atoms. The molecule has 1 saturated heterocycles. The molecule has 11 nitrogen and oxygen atoms in total. The highest BCUT2D eigenvalue weighted by Crippen LogP contribution is 2.45. The van der Waals surface area contributed by atoms with Crippen molar-refractivity contribution < 1.29 is 39.4 Å². The third kappa shape index (κ3) is 6.39. The normalized spacial score (nSPS) is 23.7. The molecule has 1 aliphatic heterocycles. The van der Waals surface area contributed by atoms with Crippen molar-refractivity contribution in [3.8, 4) is 0 Å². The predicted molar refractivity (Wildman–Crippen MR) is 149 cm³/mol. The zero-order valence-electron chi connectivity index (χ0n) is 24.5. The minimum atomic E-state index is -6.05. The quantitative estimate of drug-likeness (QED) is 0.243. The van der Waals surface area contributed by atoms with E-state index in [-0.39, 0.29) is 33.7 Å². The Morgan fingerprint density at radius 2 is 1.55 bits per heavy atom. The van der Waals surface area contributed by atoms with Crippen molar-refractivity contribution in [2.24, 2.45) is 0 Å². The summed E-state index contributed by atoms with van der Waals surface area (Å²) in [7, 11) is -11.1. The summed E-state index contributed by atoms with van der Waals surface area (Å²) in [6.07, 6.45) is -2.96. The van der Waals surface area contributed by atoms with Crippen LogP contribution in [0.3, 0.4) is 0 Å². The fourth-order valence-electron chi connectivity index (χ4n) is 3.59. The van der Waals surface area contributed by atoms with Gasteiger partial charge in [0.2, 0.25) is 0 Å². The number of fused-ring (bicyclic) bond motifs is 1. The first kappa shape index (κ1) is 32.9. The summed E-state index contributed by atoms with van der Waals surface area (Å²) in [6.45, 7) is 19.8. The lowest BCUT2D eigenvalue weighted by atomic mass is 10.1. The van der Waals surface area contributed by atoms with E-state index in [1.165, 1.54) is 10.9 Å². The Kier molecular flexibility index (Phi) is 8.69. The first-order valence-electron chi connectivity index (χ1n) is 12.8. The Morgan fingerprint density at radius 1 is 0.975 bits per heavy atom. The summed E-state index contributed by atoms with van der Waals surface area (Å²) in [5.74, 6) is 0.0361. The summed E-state index contributed by atoms with van der Waals surface area (Å²) < 4.78 is 90.9. The van der Waals surface area contributed by atoms with Crippen molar-refractivity contribution in [3.63, 3.8) is 0 Å². The van der Waals surface area contributed by atoms with E-state index in [0.717, 1.165) is 6.33 Å². The van der Waals surface area contributed by atoms with Crippen LogP contribution in [0.25, 0.3) is 11.2 Å². The Morgan fingerprint density at radius 3 is 2.08 bits per heavy atom. The van der Waals surface area contributed by atoms with Crippen LogP contribution in [-0.2, 0) is 27.9 Å². The fourth-order valence-corrected chi connectivity index (χ4v) is 6.53. The molecule has 2 aromatic heterocycles. The number of rotatable bonds is 8. The van der Waals surface area contributed by atoms with Gasteiger partial charge in [0.1, 0.15) is 30.2 Å². The Balaban J connectivity index is 2.16. The second kappa shape index (κ2) is 10.6. The number of aromatic nitrogens is 4. The number of ether oxygens (including phenoxy) is 1. The van der Waals surface area contributed by atoms with Crippen LogP contribution in [0, 0.1) is 0 Å². The molecule has 4 atom stereocenters. The molecule has 0 aromatic carbocycles. The molecule has 17 heteroatoms. The van der Waals surface area contributed by atoms with Gasteiger partial charge in [0.25, 0.3) is 0 Å². The SMILES string of the molecule is CC(C)(C)[Si](C)(C)OC[C@H]1O[C@@H](n2cnc3c(N)ncnc32)[C@H](OS(=O)(=O)C(F)(F)F)[C@H]1O[Si](C)(C)C(C)(C)C. The van der Waals surface area contributed by atoms with Crippen molar-refractivity contribution in [1.29, 1.82) is 0 Å². The topological polar surface area (TPSA) is 141 Å². The molecule has 0 spiro atoms. The van der Waals surface area contributed by atoms with E-state index in [4.69, 9.17) is 23.5 Å². The van der Waals surface area contributed by atoms with Gasteiger partial charge in [-0.3, -0.25) is 8.75 Å². The van der Waals surface area contributed by atoms with Gasteiger partial charge in [-0.15, -0.1) is 0 Å². The van der Waals surface area contributed by atoms with Crippen molar-refractivity contribution >= 4 is 43.7 Å². The monoisotopic (exact) mass is 627 g/mol. The van der Waals surface area contributed by atoms with Gasteiger partial charge < -0.3 is 19.3 Å². The van der Waals surface area contributed by atoms with Gasteiger partial charge in [-0.1, -0.05) is 41.5 Å². The van der Waals surface area contributed by atoms with E-state index in [9.17, 15) is 21.6 Å². The van der Waals surface area contributed by atoms with Crippen molar-refractivity contribution in [3.05, 3.63) is 12.7 Å². The molecule has 3 heterocycles. The Hall–Kier alpha value is -1.64. The highest BCUT2D eigenvalue weighted by molar-refractivity contribution is 7.87. The molecule has 228 valence electrons. The summed E-state index contributed by atoms with van der Waals surface area (Å²) in [4.78, 5) is 12.2. The Labute approximate surface area is 235 Å². The molecular weight excluding hydrogens is 588 g/mol. The van der Waals surface area contributed by atoms with Crippen molar-refractivity contribution in [2.45, 2.75) is 108 Å². The maximum Gasteiger partial charge on any atom is 0.523 e. The summed E-state index contributed by atoms with van der Waals surface area (Å²) in [5, 5.41) is -0.544. The lowest BCUT2D eigenvalue weighted by Crippen LogP contribution is -2.52. The lowest BCUT2D eigenvalue weighted by Gasteiger charge is -2.41. The van der Waals surface area contributed by atoms with Crippen LogP contribution < -0.4 is 5.73 Å². The van der Waals surface area contributed by atoms with Crippen LogP contribution in [-0.4, -0.2) is 75.0 Å². The van der Waals surface area contributed by atoms with E-state index in [1.807, 2.05) is 67.7 Å². The number of halogens is 3. The number of anilines is 1. The molecule has 0 bridgehead atoms. The van der Waals surface area contributed by atoms with Gasteiger partial charge in [-0.2, -0.15) is 21.6 Å². The second-order valence-corrected chi connectivity index (χ2v) is 24.2. The molecule has 1 aliphatic rings. The molecule has 0 unspecified atom stereocenters. The van der Waals surface area contributed by atoms with Crippen molar-refractivity contribution in [2.75, 3.05) is 12.3 Å². The Bertz CT molecular complexity index is 1320. The summed E-state index contributed by atoms with van der Waals surface area (Å²) in [5.41, 5.74) is 0.542. The fraction of sp³-hybridized carbons (Fsp3) is 0.783. The maximum atomic E-state index is 13.6. The lowest BCUT2D eigenvalue weighted by molar-refractivity contribution is -0.0695. The average Bonchev–Trinajstić information content (AvgIpc) is 3.32. The van der Waals surface area contributed by atoms with Crippen LogP contribution in [0.15, 0.2) is 12.7 Å². The largest absolute Gasteiger partial charge is 0.523 e. The molecule has 0 radical (unpaired) electrons. The smallest absolute Gasteiger partial charge is 0.414 e. The van der Waals surface area contributed by atoms with Crippen molar-refractivity contribution in [1.82, 2.24) is 19.5 Å². The molecule has 2 aromatic rings. The molecule has 0 saturated carbocycles. The maximum absolute atomic E-state index is 13.6. The van der Waals surface area contributed by atoms with Gasteiger partial charge in [0.15, 0.2) is 34.3 Å². The van der Waals surface area contributed by atoms with Gasteiger partial charge in [-0.05, 0) is 36.3 Å². The molecule has 0 aliphatic carbocycles.